The van der Waals surface area contributed by atoms with Crippen LogP contribution in [-0.2, 0) is 5.41 Å². The number of hydrogen-bond acceptors (Lipinski definition) is 3. The van der Waals surface area contributed by atoms with E-state index >= 15 is 0 Å². The van der Waals surface area contributed by atoms with E-state index in [2.05, 4.69) is 39.9 Å². The van der Waals surface area contributed by atoms with Crippen molar-refractivity contribution in [1.29, 1.82) is 5.26 Å². The number of rotatable bonds is 3. The lowest BCUT2D eigenvalue weighted by molar-refractivity contribution is 0.265. The van der Waals surface area contributed by atoms with Crippen molar-refractivity contribution in [3.05, 3.63) is 35.9 Å². The molecular weight excluding hydrogens is 262 g/mol. The molecule has 0 aromatic heterocycles. The quantitative estimate of drug-likeness (QED) is 0.446. The fourth-order valence-electron chi connectivity index (χ4n) is 3.12. The Labute approximate surface area is 126 Å². The molecular formula is C16H23N5. The van der Waals surface area contributed by atoms with Crippen molar-refractivity contribution < 1.29 is 0 Å². The molecule has 5 heteroatoms. The number of nitriles is 1. The van der Waals surface area contributed by atoms with Crippen LogP contribution < -0.4 is 16.4 Å². The number of nitrogens with zero attached hydrogens (tertiary/aromatic N) is 2. The zero-order valence-electron chi connectivity index (χ0n) is 12.5. The van der Waals surface area contributed by atoms with Crippen molar-refractivity contribution in [2.75, 3.05) is 13.6 Å². The molecule has 21 heavy (non-hydrogen) atoms. The minimum atomic E-state index is 0.0889. The third-order valence-corrected chi connectivity index (χ3v) is 4.46. The molecule has 1 aliphatic rings. The Morgan fingerprint density at radius 2 is 2.05 bits per heavy atom. The topological polar surface area (TPSA) is 86.2 Å². The van der Waals surface area contributed by atoms with Crippen molar-refractivity contribution >= 4 is 5.96 Å². The van der Waals surface area contributed by atoms with Gasteiger partial charge in [0.25, 0.3) is 0 Å². The molecule has 5 nitrogen and oxygen atoms in total. The first-order chi connectivity index (χ1) is 10.2. The molecule has 0 aliphatic heterocycles. The van der Waals surface area contributed by atoms with Crippen LogP contribution in [0.15, 0.2) is 35.3 Å². The SMILES string of the molecule is CN/C(=N\C#N)NC1CCC(CN)(c2ccccc2)CC1. The van der Waals surface area contributed by atoms with Crippen LogP contribution in [-0.4, -0.2) is 25.6 Å². The van der Waals surface area contributed by atoms with Gasteiger partial charge in [0.15, 0.2) is 0 Å². The highest BCUT2D eigenvalue weighted by molar-refractivity contribution is 5.80. The fourth-order valence-corrected chi connectivity index (χ4v) is 3.12. The van der Waals surface area contributed by atoms with Crippen LogP contribution in [0.5, 0.6) is 0 Å². The van der Waals surface area contributed by atoms with E-state index in [0.717, 1.165) is 25.7 Å². The molecule has 0 spiro atoms. The maximum absolute atomic E-state index is 8.63. The minimum Gasteiger partial charge on any atom is -0.359 e. The van der Waals surface area contributed by atoms with E-state index in [1.165, 1.54) is 5.56 Å². The average molecular weight is 285 g/mol. The second-order valence-corrected chi connectivity index (χ2v) is 5.58. The van der Waals surface area contributed by atoms with Gasteiger partial charge in [0.2, 0.25) is 12.2 Å². The van der Waals surface area contributed by atoms with Gasteiger partial charge in [0.05, 0.1) is 0 Å². The molecule has 4 N–H and O–H groups in total. The monoisotopic (exact) mass is 285 g/mol. The van der Waals surface area contributed by atoms with Gasteiger partial charge in [0, 0.05) is 25.0 Å². The smallest absolute Gasteiger partial charge is 0.209 e. The third kappa shape index (κ3) is 3.53. The highest BCUT2D eigenvalue weighted by Crippen LogP contribution is 2.38. The van der Waals surface area contributed by atoms with Gasteiger partial charge in [-0.3, -0.25) is 0 Å². The summed E-state index contributed by atoms with van der Waals surface area (Å²) in [7, 11) is 1.76. The van der Waals surface area contributed by atoms with Crippen LogP contribution in [0.25, 0.3) is 0 Å². The Hall–Kier alpha value is -2.06. The molecule has 0 heterocycles. The normalized spacial score (nSPS) is 26.0. The molecule has 1 fully saturated rings. The van der Waals surface area contributed by atoms with Crippen LogP contribution in [0.4, 0.5) is 0 Å². The summed E-state index contributed by atoms with van der Waals surface area (Å²) in [5.41, 5.74) is 7.52. The largest absolute Gasteiger partial charge is 0.359 e. The zero-order valence-corrected chi connectivity index (χ0v) is 12.5. The molecule has 112 valence electrons. The lowest BCUT2D eigenvalue weighted by Gasteiger charge is -2.40. The third-order valence-electron chi connectivity index (χ3n) is 4.46. The summed E-state index contributed by atoms with van der Waals surface area (Å²) in [6.45, 7) is 0.675. The van der Waals surface area contributed by atoms with E-state index in [1.807, 2.05) is 6.07 Å². The lowest BCUT2D eigenvalue weighted by Crippen LogP contribution is -2.47. The first-order valence-electron chi connectivity index (χ1n) is 7.41. The van der Waals surface area contributed by atoms with E-state index in [0.29, 0.717) is 18.5 Å². The fraction of sp³-hybridized carbons (Fsp3) is 0.500. The number of guanidine groups is 1. The molecule has 0 bridgehead atoms. The first-order valence-corrected chi connectivity index (χ1v) is 7.41. The molecule has 0 saturated heterocycles. The van der Waals surface area contributed by atoms with E-state index in [1.54, 1.807) is 13.2 Å². The highest BCUT2D eigenvalue weighted by atomic mass is 15.2. The Bertz CT molecular complexity index is 509. The van der Waals surface area contributed by atoms with Gasteiger partial charge in [-0.25, -0.2) is 0 Å². The predicted octanol–water partition coefficient (Wildman–Crippen LogP) is 1.47. The average Bonchev–Trinajstić information content (AvgIpc) is 2.56. The van der Waals surface area contributed by atoms with Crippen LogP contribution in [0.1, 0.15) is 31.2 Å². The lowest BCUT2D eigenvalue weighted by atomic mass is 9.68. The van der Waals surface area contributed by atoms with Crippen molar-refractivity contribution in [2.45, 2.75) is 37.1 Å². The second-order valence-electron chi connectivity index (χ2n) is 5.58. The summed E-state index contributed by atoms with van der Waals surface area (Å²) >= 11 is 0. The highest BCUT2D eigenvalue weighted by Gasteiger charge is 2.35. The van der Waals surface area contributed by atoms with Gasteiger partial charge in [-0.15, -0.1) is 4.99 Å². The molecule has 0 amide bonds. The van der Waals surface area contributed by atoms with Crippen molar-refractivity contribution in [3.8, 4) is 6.19 Å². The number of aliphatic imine (C=N–C) groups is 1. The number of nitrogens with two attached hydrogens (primary N) is 1. The van der Waals surface area contributed by atoms with Gasteiger partial charge in [-0.05, 0) is 31.2 Å². The Kier molecular flexibility index (Phi) is 5.18. The van der Waals surface area contributed by atoms with E-state index in [-0.39, 0.29) is 5.41 Å². The summed E-state index contributed by atoms with van der Waals surface area (Å²) in [6, 6.07) is 10.9. The summed E-state index contributed by atoms with van der Waals surface area (Å²) in [5, 5.41) is 14.8. The maximum Gasteiger partial charge on any atom is 0.209 e. The Balaban J connectivity index is 2.02. The van der Waals surface area contributed by atoms with E-state index < -0.39 is 0 Å². The number of hydrogen-bond donors (Lipinski definition) is 3. The van der Waals surface area contributed by atoms with E-state index in [4.69, 9.17) is 11.0 Å². The number of nitrogens with one attached hydrogen (secondary N) is 2. The van der Waals surface area contributed by atoms with Crippen LogP contribution in [0, 0.1) is 11.5 Å². The van der Waals surface area contributed by atoms with Crippen molar-refractivity contribution in [2.24, 2.45) is 10.7 Å². The van der Waals surface area contributed by atoms with Crippen LogP contribution in [0.3, 0.4) is 0 Å². The molecule has 1 aromatic rings. The molecule has 0 radical (unpaired) electrons. The second kappa shape index (κ2) is 7.09. The maximum atomic E-state index is 8.63. The van der Waals surface area contributed by atoms with Crippen molar-refractivity contribution in [3.63, 3.8) is 0 Å². The molecule has 0 unspecified atom stereocenters. The van der Waals surface area contributed by atoms with Gasteiger partial charge in [-0.2, -0.15) is 5.26 Å². The summed E-state index contributed by atoms with van der Waals surface area (Å²) in [6.07, 6.45) is 5.96. The van der Waals surface area contributed by atoms with Crippen LogP contribution >= 0.6 is 0 Å². The zero-order chi connectivity index (χ0) is 15.1. The molecule has 0 atom stereocenters. The standard InChI is InChI=1S/C16H23N5/c1-19-15(20-12-18)21-14-7-9-16(11-17,10-8-14)13-5-3-2-4-6-13/h2-6,14H,7-11,17H2,1H3,(H2,19,20,21). The Morgan fingerprint density at radius 1 is 1.38 bits per heavy atom. The molecule has 1 aromatic carbocycles. The van der Waals surface area contributed by atoms with E-state index in [9.17, 15) is 0 Å². The summed E-state index contributed by atoms with van der Waals surface area (Å²) < 4.78 is 0. The van der Waals surface area contributed by atoms with Gasteiger partial charge >= 0.3 is 0 Å². The molecule has 2 rings (SSSR count). The molecule has 1 saturated carbocycles. The number of benzene rings is 1. The van der Waals surface area contributed by atoms with Crippen molar-refractivity contribution in [1.82, 2.24) is 10.6 Å². The minimum absolute atomic E-state index is 0.0889. The Morgan fingerprint density at radius 3 is 2.57 bits per heavy atom. The van der Waals surface area contributed by atoms with Gasteiger partial charge in [0.1, 0.15) is 0 Å². The first kappa shape index (κ1) is 15.3. The predicted molar refractivity (Wildman–Crippen MR) is 84.7 cm³/mol. The summed E-state index contributed by atoms with van der Waals surface area (Å²) in [5.74, 6) is 0.544. The van der Waals surface area contributed by atoms with Gasteiger partial charge in [-0.1, -0.05) is 30.3 Å². The molecule has 1 aliphatic carbocycles. The van der Waals surface area contributed by atoms with Gasteiger partial charge < -0.3 is 16.4 Å². The summed E-state index contributed by atoms with van der Waals surface area (Å²) in [4.78, 5) is 3.73. The van der Waals surface area contributed by atoms with Crippen LogP contribution in [0.2, 0.25) is 0 Å².